The van der Waals surface area contributed by atoms with Crippen molar-refractivity contribution < 1.29 is 77.1 Å². The standard InChI is InChI=1S/2C4H6O6.Mn/c2*5-1(3(7)8)2(6)4(9)10;/h2*1-2,5-6H,(H,7,8)(H,9,10);/q;;+2/p-4/t2*1-,2-;/m11./s1. The molecule has 0 aromatic carbocycles. The smallest absolute Gasteiger partial charge is 0.547 e. The molecule has 0 heterocycles. The van der Waals surface area contributed by atoms with E-state index in [4.69, 9.17) is 20.4 Å². The molecule has 21 heavy (non-hydrogen) atoms. The minimum atomic E-state index is -2.44. The van der Waals surface area contributed by atoms with Gasteiger partial charge in [0.2, 0.25) is 0 Å². The fraction of sp³-hybridized carbons (Fsp3) is 0.500. The van der Waals surface area contributed by atoms with E-state index in [-0.39, 0.29) is 17.1 Å². The summed E-state index contributed by atoms with van der Waals surface area (Å²) >= 11 is 0. The number of aliphatic hydroxyl groups excluding tert-OH is 4. The molecule has 0 rings (SSSR count). The van der Waals surface area contributed by atoms with E-state index in [0.29, 0.717) is 0 Å². The van der Waals surface area contributed by atoms with Crippen LogP contribution in [-0.4, -0.2) is 68.7 Å². The fourth-order valence-corrected chi connectivity index (χ4v) is 0.516. The van der Waals surface area contributed by atoms with Crippen LogP contribution in [0.15, 0.2) is 0 Å². The second-order valence-electron chi connectivity index (χ2n) is 3.06. The van der Waals surface area contributed by atoms with Crippen LogP contribution in [-0.2, 0) is 36.2 Å². The molecule has 1 radical (unpaired) electrons. The molecule has 0 amide bonds. The van der Waals surface area contributed by atoms with Gasteiger partial charge in [0.25, 0.3) is 0 Å². The van der Waals surface area contributed by atoms with Gasteiger partial charge in [-0.05, 0) is 0 Å². The molecule has 13 heteroatoms. The van der Waals surface area contributed by atoms with E-state index in [9.17, 15) is 39.6 Å². The maximum absolute atomic E-state index is 9.63. The molecule has 0 unspecified atom stereocenters. The van der Waals surface area contributed by atoms with E-state index in [1.165, 1.54) is 0 Å². The molecule has 4 N–H and O–H groups in total. The topological polar surface area (TPSA) is 241 Å². The van der Waals surface area contributed by atoms with Crippen molar-refractivity contribution in [3.05, 3.63) is 0 Å². The zero-order valence-corrected chi connectivity index (χ0v) is 10.9. The Morgan fingerprint density at radius 2 is 0.619 bits per heavy atom. The average Bonchev–Trinajstić information content (AvgIpc) is 2.35. The summed E-state index contributed by atoms with van der Waals surface area (Å²) in [6, 6.07) is 0. The Morgan fingerprint density at radius 1 is 0.524 bits per heavy atom. The van der Waals surface area contributed by atoms with Gasteiger partial charge in [0.05, 0.1) is 23.9 Å². The molecule has 12 nitrogen and oxygen atoms in total. The first kappa shape index (κ1) is 24.3. The molecule has 0 aromatic rings. The molecular weight excluding hydrogens is 343 g/mol. The van der Waals surface area contributed by atoms with E-state index in [1.54, 1.807) is 0 Å². The zero-order chi connectivity index (χ0) is 16.6. The summed E-state index contributed by atoms with van der Waals surface area (Å²) in [5, 5.41) is 71.5. The van der Waals surface area contributed by atoms with Crippen LogP contribution in [0.2, 0.25) is 0 Å². The van der Waals surface area contributed by atoms with Gasteiger partial charge in [0.15, 0.2) is 0 Å². The molecule has 0 aliphatic carbocycles. The van der Waals surface area contributed by atoms with E-state index < -0.39 is 48.3 Å². The maximum atomic E-state index is 9.63. The molecular formula is C8H8MnO12-2. The van der Waals surface area contributed by atoms with Gasteiger partial charge in [-0.1, -0.05) is 0 Å². The van der Waals surface area contributed by atoms with Crippen molar-refractivity contribution in [3.8, 4) is 0 Å². The van der Waals surface area contributed by atoms with Crippen molar-refractivity contribution in [1.82, 2.24) is 0 Å². The van der Waals surface area contributed by atoms with E-state index >= 15 is 0 Å². The number of hydrogen-bond donors (Lipinski definition) is 4. The van der Waals surface area contributed by atoms with Gasteiger partial charge in [0, 0.05) is 0 Å². The van der Waals surface area contributed by atoms with Crippen LogP contribution < -0.4 is 20.4 Å². The first-order valence-corrected chi connectivity index (χ1v) is 4.49. The van der Waals surface area contributed by atoms with E-state index in [0.717, 1.165) is 0 Å². The van der Waals surface area contributed by atoms with Crippen molar-refractivity contribution in [1.29, 1.82) is 0 Å². The predicted octanol–water partition coefficient (Wildman–Crippen LogP) is -9.59. The number of hydrogen-bond acceptors (Lipinski definition) is 12. The summed E-state index contributed by atoms with van der Waals surface area (Å²) in [5.41, 5.74) is 0. The Bertz CT molecular complexity index is 309. The Balaban J connectivity index is -0.000000295. The Kier molecular flexibility index (Phi) is 12.7. The minimum absolute atomic E-state index is 0. The average molecular weight is 351 g/mol. The van der Waals surface area contributed by atoms with Gasteiger partial charge in [-0.15, -0.1) is 0 Å². The zero-order valence-electron chi connectivity index (χ0n) is 9.74. The van der Waals surface area contributed by atoms with Gasteiger partial charge < -0.3 is 60.0 Å². The number of carbonyl (C=O) groups is 4. The van der Waals surface area contributed by atoms with Crippen LogP contribution in [0.25, 0.3) is 0 Å². The van der Waals surface area contributed by atoms with Gasteiger partial charge >= 0.3 is 17.1 Å². The number of carbonyl (C=O) groups excluding carboxylic acids is 4. The minimum Gasteiger partial charge on any atom is -0.547 e. The third-order valence-electron chi connectivity index (χ3n) is 1.56. The number of aliphatic carboxylic acids is 4. The quantitative estimate of drug-likeness (QED) is 0.326. The SMILES string of the molecule is O=C([O-])[C@H](O)[C@@H](O)C(=O)[O-].O=C([O-])[C@H](O)[C@@H](O)C(=O)[O-].[Mn+2]. The third-order valence-corrected chi connectivity index (χ3v) is 1.56. The van der Waals surface area contributed by atoms with Gasteiger partial charge in [-0.25, -0.2) is 0 Å². The maximum Gasteiger partial charge on any atom is 2.00 e. The Morgan fingerprint density at radius 3 is 0.667 bits per heavy atom. The first-order valence-electron chi connectivity index (χ1n) is 4.49. The normalized spacial score (nSPS) is 15.0. The number of rotatable bonds is 6. The fourth-order valence-electron chi connectivity index (χ4n) is 0.516. The number of carboxylic acid groups (broad SMARTS) is 4. The van der Waals surface area contributed by atoms with Gasteiger partial charge in [0.1, 0.15) is 24.4 Å². The molecule has 0 spiro atoms. The predicted molar refractivity (Wildman–Crippen MR) is 44.1 cm³/mol. The number of carboxylic acids is 4. The summed E-state index contributed by atoms with van der Waals surface area (Å²) in [4.78, 5) is 38.5. The number of aliphatic hydroxyl groups is 4. The van der Waals surface area contributed by atoms with Gasteiger partial charge in [-0.2, -0.15) is 0 Å². The summed E-state index contributed by atoms with van der Waals surface area (Å²) < 4.78 is 0. The summed E-state index contributed by atoms with van der Waals surface area (Å²) in [6.45, 7) is 0. The second kappa shape index (κ2) is 11.0. The Hall–Kier alpha value is -1.76. The largest absolute Gasteiger partial charge is 2.00 e. The molecule has 0 bridgehead atoms. The third kappa shape index (κ3) is 9.73. The van der Waals surface area contributed by atoms with Crippen LogP contribution in [0, 0.1) is 0 Å². The summed E-state index contributed by atoms with van der Waals surface area (Å²) in [7, 11) is 0. The molecule has 0 aliphatic heterocycles. The van der Waals surface area contributed by atoms with E-state index in [2.05, 4.69) is 0 Å². The molecule has 4 atom stereocenters. The molecule has 121 valence electrons. The van der Waals surface area contributed by atoms with Crippen LogP contribution in [0.1, 0.15) is 0 Å². The van der Waals surface area contributed by atoms with Crippen LogP contribution in [0.3, 0.4) is 0 Å². The molecule has 0 fully saturated rings. The molecule has 0 aromatic heterocycles. The summed E-state index contributed by atoms with van der Waals surface area (Å²) in [5.74, 6) is -8.23. The van der Waals surface area contributed by atoms with Crippen molar-refractivity contribution in [2.75, 3.05) is 0 Å². The molecule has 0 saturated heterocycles. The van der Waals surface area contributed by atoms with Crippen LogP contribution in [0.5, 0.6) is 0 Å². The van der Waals surface area contributed by atoms with E-state index in [1.807, 2.05) is 0 Å². The van der Waals surface area contributed by atoms with Crippen LogP contribution in [0.4, 0.5) is 0 Å². The summed E-state index contributed by atoms with van der Waals surface area (Å²) in [6.07, 6.45) is -9.76. The van der Waals surface area contributed by atoms with Crippen molar-refractivity contribution in [3.63, 3.8) is 0 Å². The van der Waals surface area contributed by atoms with Crippen molar-refractivity contribution >= 4 is 23.9 Å². The van der Waals surface area contributed by atoms with Crippen LogP contribution >= 0.6 is 0 Å². The second-order valence-corrected chi connectivity index (χ2v) is 3.06. The molecule has 0 aliphatic rings. The van der Waals surface area contributed by atoms with Gasteiger partial charge in [-0.3, -0.25) is 0 Å². The first-order chi connectivity index (χ1) is 8.93. The Labute approximate surface area is 126 Å². The molecule has 0 saturated carbocycles. The van der Waals surface area contributed by atoms with Crippen molar-refractivity contribution in [2.45, 2.75) is 24.4 Å². The monoisotopic (exact) mass is 351 g/mol. The van der Waals surface area contributed by atoms with Crippen molar-refractivity contribution in [2.24, 2.45) is 0 Å².